The Hall–Kier alpha value is -2.04. The molecular formula is C23H26ClN3O4S2. The fourth-order valence-electron chi connectivity index (χ4n) is 3.91. The Kier molecular flexibility index (Phi) is 7.35. The number of amides is 1. The summed E-state index contributed by atoms with van der Waals surface area (Å²) < 4.78 is 34.3. The molecule has 1 aromatic heterocycles. The Bertz CT molecular complexity index is 1220. The van der Waals surface area contributed by atoms with Crippen LogP contribution in [0.25, 0.3) is 10.2 Å². The summed E-state index contributed by atoms with van der Waals surface area (Å²) in [6.45, 7) is 5.16. The van der Waals surface area contributed by atoms with Crippen molar-refractivity contribution in [3.8, 4) is 0 Å². The van der Waals surface area contributed by atoms with E-state index in [-0.39, 0.29) is 27.5 Å². The second-order valence-corrected chi connectivity index (χ2v) is 11.1. The van der Waals surface area contributed by atoms with Crippen molar-refractivity contribution in [3.05, 3.63) is 53.1 Å². The highest BCUT2D eigenvalue weighted by atomic mass is 35.5. The molecule has 0 saturated carbocycles. The van der Waals surface area contributed by atoms with E-state index in [2.05, 4.69) is 4.98 Å². The first kappa shape index (κ1) is 24.1. The van der Waals surface area contributed by atoms with Crippen LogP contribution in [-0.2, 0) is 14.8 Å². The zero-order valence-corrected chi connectivity index (χ0v) is 20.9. The van der Waals surface area contributed by atoms with Gasteiger partial charge in [0.2, 0.25) is 10.0 Å². The van der Waals surface area contributed by atoms with E-state index in [1.165, 1.54) is 27.8 Å². The molecule has 0 N–H and O–H groups in total. The number of nitrogens with zero attached hydrogens (tertiary/aromatic N) is 3. The molecule has 4 rings (SSSR count). The lowest BCUT2D eigenvalue weighted by Gasteiger charge is -2.24. The van der Waals surface area contributed by atoms with Crippen LogP contribution in [0, 0.1) is 0 Å². The summed E-state index contributed by atoms with van der Waals surface area (Å²) in [6, 6.07) is 12.1. The Balaban J connectivity index is 1.74. The average molecular weight is 508 g/mol. The van der Waals surface area contributed by atoms with Crippen molar-refractivity contribution in [2.24, 2.45) is 0 Å². The predicted molar refractivity (Wildman–Crippen MR) is 132 cm³/mol. The van der Waals surface area contributed by atoms with E-state index in [1.54, 1.807) is 24.8 Å². The van der Waals surface area contributed by atoms with Crippen molar-refractivity contribution >= 4 is 54.2 Å². The Morgan fingerprint density at radius 1 is 1.21 bits per heavy atom. The summed E-state index contributed by atoms with van der Waals surface area (Å²) in [7, 11) is -3.83. The summed E-state index contributed by atoms with van der Waals surface area (Å²) in [4.78, 5) is 19.9. The molecule has 10 heteroatoms. The van der Waals surface area contributed by atoms with E-state index in [9.17, 15) is 13.2 Å². The van der Waals surface area contributed by atoms with Gasteiger partial charge < -0.3 is 4.74 Å². The largest absolute Gasteiger partial charge is 0.376 e. The molecule has 1 aliphatic heterocycles. The van der Waals surface area contributed by atoms with E-state index in [0.717, 1.165) is 23.1 Å². The van der Waals surface area contributed by atoms with E-state index in [0.29, 0.717) is 31.4 Å². The van der Waals surface area contributed by atoms with Crippen LogP contribution >= 0.6 is 22.9 Å². The Labute approximate surface area is 203 Å². The zero-order chi connectivity index (χ0) is 23.6. The van der Waals surface area contributed by atoms with Gasteiger partial charge >= 0.3 is 0 Å². The molecule has 176 valence electrons. The third kappa shape index (κ3) is 4.93. The summed E-state index contributed by atoms with van der Waals surface area (Å²) in [5.74, 6) is -0.336. The summed E-state index contributed by atoms with van der Waals surface area (Å²) in [6.07, 6.45) is 1.71. The lowest BCUT2D eigenvalue weighted by molar-refractivity contribution is 0.0917. The number of halogens is 1. The van der Waals surface area contributed by atoms with Crippen LogP contribution in [-0.4, -0.2) is 56.0 Å². The fraction of sp³-hybridized carbons (Fsp3) is 0.391. The van der Waals surface area contributed by atoms with Gasteiger partial charge in [-0.3, -0.25) is 9.69 Å². The molecule has 0 radical (unpaired) electrons. The van der Waals surface area contributed by atoms with Gasteiger partial charge in [0, 0.05) is 25.3 Å². The van der Waals surface area contributed by atoms with Crippen LogP contribution in [0.1, 0.15) is 37.0 Å². The van der Waals surface area contributed by atoms with Gasteiger partial charge in [0.25, 0.3) is 5.91 Å². The molecule has 1 atom stereocenters. The summed E-state index contributed by atoms with van der Waals surface area (Å²) in [5, 5.41) is 0.643. The molecule has 2 aromatic carbocycles. The Morgan fingerprint density at radius 3 is 2.64 bits per heavy atom. The summed E-state index contributed by atoms with van der Waals surface area (Å²) in [5.41, 5.74) is 1.05. The number of fused-ring (bicyclic) bond motifs is 1. The number of thiazole rings is 1. The maximum Gasteiger partial charge on any atom is 0.260 e. The van der Waals surface area contributed by atoms with Gasteiger partial charge in [-0.2, -0.15) is 4.31 Å². The first-order chi connectivity index (χ1) is 15.8. The van der Waals surface area contributed by atoms with Gasteiger partial charge in [-0.1, -0.05) is 48.9 Å². The lowest BCUT2D eigenvalue weighted by atomic mass is 10.1. The lowest BCUT2D eigenvalue weighted by Crippen LogP contribution is -2.37. The van der Waals surface area contributed by atoms with Crippen molar-refractivity contribution < 1.29 is 17.9 Å². The standard InChI is InChI=1S/C23H26ClN3O4S2/c1-3-26(4-2)33(29,30)21-14-16(11-12-18(21)24)22(28)27(15-17-8-7-13-31-17)23-25-19-9-5-6-10-20(19)32-23/h5-6,9-12,14,17H,3-4,7-8,13,15H2,1-2H3/t17-/m1/s1. The van der Waals surface area contributed by atoms with Gasteiger partial charge in [-0.05, 0) is 43.2 Å². The highest BCUT2D eigenvalue weighted by Crippen LogP contribution is 2.32. The molecule has 1 amide bonds. The smallest absolute Gasteiger partial charge is 0.260 e. The molecule has 1 saturated heterocycles. The number of ether oxygens (including phenoxy) is 1. The number of hydrogen-bond donors (Lipinski definition) is 0. The van der Waals surface area contributed by atoms with Gasteiger partial charge in [0.05, 0.1) is 27.9 Å². The first-order valence-electron chi connectivity index (χ1n) is 10.9. The van der Waals surface area contributed by atoms with E-state index < -0.39 is 10.0 Å². The van der Waals surface area contributed by atoms with E-state index in [4.69, 9.17) is 16.3 Å². The van der Waals surface area contributed by atoms with Crippen molar-refractivity contribution in [1.29, 1.82) is 0 Å². The predicted octanol–water partition coefficient (Wildman–Crippen LogP) is 4.81. The van der Waals surface area contributed by atoms with Crippen LogP contribution in [0.4, 0.5) is 5.13 Å². The number of rotatable bonds is 8. The third-order valence-corrected chi connectivity index (χ3v) is 9.26. The van der Waals surface area contributed by atoms with Gasteiger partial charge in [0.1, 0.15) is 4.90 Å². The Morgan fingerprint density at radius 2 is 1.97 bits per heavy atom. The average Bonchev–Trinajstić information content (AvgIpc) is 3.47. The number of aromatic nitrogens is 1. The molecule has 1 aliphatic rings. The summed E-state index contributed by atoms with van der Waals surface area (Å²) >= 11 is 7.69. The van der Waals surface area contributed by atoms with Gasteiger partial charge in [-0.25, -0.2) is 13.4 Å². The number of sulfonamides is 1. The number of para-hydroxylation sites is 1. The van der Waals surface area contributed by atoms with Crippen LogP contribution < -0.4 is 4.90 Å². The number of hydrogen-bond acceptors (Lipinski definition) is 6. The molecule has 0 unspecified atom stereocenters. The number of carbonyl (C=O) groups is 1. The third-order valence-electron chi connectivity index (χ3n) is 5.67. The van der Waals surface area contributed by atoms with E-state index in [1.807, 2.05) is 24.3 Å². The monoisotopic (exact) mass is 507 g/mol. The highest BCUT2D eigenvalue weighted by molar-refractivity contribution is 7.89. The van der Waals surface area contributed by atoms with Crippen LogP contribution in [0.5, 0.6) is 0 Å². The topological polar surface area (TPSA) is 79.8 Å². The second kappa shape index (κ2) is 10.1. The van der Waals surface area contributed by atoms with Gasteiger partial charge in [0.15, 0.2) is 5.13 Å². The van der Waals surface area contributed by atoms with Crippen molar-refractivity contribution in [2.75, 3.05) is 31.1 Å². The quantitative estimate of drug-likeness (QED) is 0.437. The normalized spacial score (nSPS) is 16.5. The maximum atomic E-state index is 13.7. The molecule has 0 bridgehead atoms. The minimum Gasteiger partial charge on any atom is -0.376 e. The fourth-order valence-corrected chi connectivity index (χ4v) is 6.84. The molecule has 2 heterocycles. The minimum atomic E-state index is -3.83. The molecule has 3 aromatic rings. The van der Waals surface area contributed by atoms with Crippen LogP contribution in [0.3, 0.4) is 0 Å². The number of anilines is 1. The molecule has 1 fully saturated rings. The van der Waals surface area contributed by atoms with Crippen LogP contribution in [0.15, 0.2) is 47.4 Å². The zero-order valence-electron chi connectivity index (χ0n) is 18.5. The molecule has 0 aliphatic carbocycles. The van der Waals surface area contributed by atoms with E-state index >= 15 is 0 Å². The number of benzene rings is 2. The highest BCUT2D eigenvalue weighted by Gasteiger charge is 2.30. The second-order valence-electron chi connectivity index (χ2n) is 7.75. The minimum absolute atomic E-state index is 0.0694. The molecule has 33 heavy (non-hydrogen) atoms. The van der Waals surface area contributed by atoms with Crippen LogP contribution in [0.2, 0.25) is 5.02 Å². The van der Waals surface area contributed by atoms with Gasteiger partial charge in [-0.15, -0.1) is 0 Å². The van der Waals surface area contributed by atoms with Crippen molar-refractivity contribution in [2.45, 2.75) is 37.7 Å². The van der Waals surface area contributed by atoms with Crippen molar-refractivity contribution in [3.63, 3.8) is 0 Å². The molecular weight excluding hydrogens is 482 g/mol. The SMILES string of the molecule is CCN(CC)S(=O)(=O)c1cc(C(=O)N(C[C@H]2CCCO2)c2nc3ccccc3s2)ccc1Cl. The number of carbonyl (C=O) groups excluding carboxylic acids is 1. The van der Waals surface area contributed by atoms with Crippen molar-refractivity contribution in [1.82, 2.24) is 9.29 Å². The first-order valence-corrected chi connectivity index (χ1v) is 13.6. The maximum absolute atomic E-state index is 13.7. The molecule has 7 nitrogen and oxygen atoms in total. The molecule has 0 spiro atoms.